The molecule has 1 aliphatic rings. The Kier molecular flexibility index (Phi) is 5.56. The number of nitrogens with two attached hydrogens (primary N) is 1. The zero-order chi connectivity index (χ0) is 18.5. The van der Waals surface area contributed by atoms with Gasteiger partial charge in [-0.25, -0.2) is 0 Å². The van der Waals surface area contributed by atoms with Crippen molar-refractivity contribution in [2.24, 2.45) is 10.7 Å². The number of carbonyl (C=O) groups is 1. The maximum Gasteiger partial charge on any atom is 0.253 e. The van der Waals surface area contributed by atoms with Gasteiger partial charge in [0.15, 0.2) is 5.96 Å². The van der Waals surface area contributed by atoms with Gasteiger partial charge in [-0.2, -0.15) is 0 Å². The molecule has 2 aromatic carbocycles. The molecule has 0 unspecified atom stereocenters. The first kappa shape index (κ1) is 18.0. The van der Waals surface area contributed by atoms with Crippen LogP contribution in [0, 0.1) is 0 Å². The number of rotatable bonds is 5. The van der Waals surface area contributed by atoms with Crippen LogP contribution in [0.2, 0.25) is 0 Å². The highest BCUT2D eigenvalue weighted by Gasteiger charge is 2.11. The van der Waals surface area contributed by atoms with Crippen LogP contribution in [0.5, 0.6) is 0 Å². The Morgan fingerprint density at radius 3 is 2.77 bits per heavy atom. The van der Waals surface area contributed by atoms with Gasteiger partial charge in [0, 0.05) is 31.9 Å². The monoisotopic (exact) mass is 350 g/mol. The highest BCUT2D eigenvalue weighted by atomic mass is 16.2. The molecule has 3 N–H and O–H groups in total. The predicted molar refractivity (Wildman–Crippen MR) is 107 cm³/mol. The van der Waals surface area contributed by atoms with E-state index in [0.29, 0.717) is 18.1 Å². The van der Waals surface area contributed by atoms with E-state index in [1.54, 1.807) is 19.0 Å². The average Bonchev–Trinajstić information content (AvgIpc) is 3.09. The minimum Gasteiger partial charge on any atom is -0.370 e. The van der Waals surface area contributed by atoms with Crippen molar-refractivity contribution in [1.29, 1.82) is 0 Å². The molecule has 0 bridgehead atoms. The fraction of sp³-hybridized carbons (Fsp3) is 0.333. The van der Waals surface area contributed by atoms with Crippen LogP contribution in [-0.2, 0) is 19.3 Å². The van der Waals surface area contributed by atoms with Gasteiger partial charge < -0.3 is 16.0 Å². The lowest BCUT2D eigenvalue weighted by atomic mass is 10.1. The molecule has 5 heteroatoms. The standard InChI is InChI=1S/C21H26N4O/c1-25(2)20(26)18-8-3-5-15(13-18)11-12-23-21(22)24-19-10-9-16-6-4-7-17(16)14-19/h3,5,8-10,13-14H,4,6-7,11-12H2,1-2H3,(H3,22,23,24). The molecular formula is C21H26N4O. The fourth-order valence-electron chi connectivity index (χ4n) is 3.26. The van der Waals surface area contributed by atoms with Crippen molar-refractivity contribution >= 4 is 17.6 Å². The van der Waals surface area contributed by atoms with Crippen LogP contribution in [-0.4, -0.2) is 37.4 Å². The zero-order valence-corrected chi connectivity index (χ0v) is 15.5. The lowest BCUT2D eigenvalue weighted by molar-refractivity contribution is 0.0827. The molecule has 0 fully saturated rings. The molecule has 0 heterocycles. The van der Waals surface area contributed by atoms with E-state index in [-0.39, 0.29) is 5.91 Å². The number of nitrogens with one attached hydrogen (secondary N) is 1. The number of fused-ring (bicyclic) bond motifs is 1. The lowest BCUT2D eigenvalue weighted by Crippen LogP contribution is -2.23. The normalized spacial score (nSPS) is 13.4. The molecule has 136 valence electrons. The van der Waals surface area contributed by atoms with Crippen molar-refractivity contribution < 1.29 is 4.79 Å². The van der Waals surface area contributed by atoms with Crippen molar-refractivity contribution in [1.82, 2.24) is 4.90 Å². The van der Waals surface area contributed by atoms with Gasteiger partial charge in [0.25, 0.3) is 5.91 Å². The van der Waals surface area contributed by atoms with E-state index in [2.05, 4.69) is 28.5 Å². The summed E-state index contributed by atoms with van der Waals surface area (Å²) in [5.74, 6) is 0.427. The predicted octanol–water partition coefficient (Wildman–Crippen LogP) is 2.85. The third-order valence-electron chi connectivity index (χ3n) is 4.63. The Bertz CT molecular complexity index is 827. The summed E-state index contributed by atoms with van der Waals surface area (Å²) in [7, 11) is 3.51. The largest absolute Gasteiger partial charge is 0.370 e. The number of hydrogen-bond acceptors (Lipinski definition) is 2. The van der Waals surface area contributed by atoms with E-state index in [4.69, 9.17) is 5.73 Å². The summed E-state index contributed by atoms with van der Waals surface area (Å²) in [6, 6.07) is 14.1. The molecule has 0 radical (unpaired) electrons. The summed E-state index contributed by atoms with van der Waals surface area (Å²) in [5.41, 5.74) is 11.6. The van der Waals surface area contributed by atoms with E-state index in [1.165, 1.54) is 24.0 Å². The molecule has 0 saturated heterocycles. The molecule has 2 aromatic rings. The Morgan fingerprint density at radius 2 is 1.96 bits per heavy atom. The highest BCUT2D eigenvalue weighted by molar-refractivity contribution is 5.94. The number of aliphatic imine (C=N–C) groups is 1. The maximum absolute atomic E-state index is 12.0. The number of hydrogen-bond donors (Lipinski definition) is 2. The number of carbonyl (C=O) groups excluding carboxylic acids is 1. The number of anilines is 1. The maximum atomic E-state index is 12.0. The third-order valence-corrected chi connectivity index (χ3v) is 4.63. The Labute approximate surface area is 154 Å². The van der Waals surface area contributed by atoms with Crippen molar-refractivity contribution in [3.63, 3.8) is 0 Å². The SMILES string of the molecule is CN(C)C(=O)c1cccc(CCN=C(N)Nc2ccc3c(c2)CCC3)c1. The molecule has 5 nitrogen and oxygen atoms in total. The van der Waals surface area contributed by atoms with Gasteiger partial charge >= 0.3 is 0 Å². The van der Waals surface area contributed by atoms with Crippen LogP contribution < -0.4 is 11.1 Å². The molecule has 0 aliphatic heterocycles. The number of nitrogens with zero attached hydrogens (tertiary/aromatic N) is 2. The minimum absolute atomic E-state index is 0.00754. The van der Waals surface area contributed by atoms with E-state index in [9.17, 15) is 4.79 Å². The molecule has 1 amide bonds. The summed E-state index contributed by atoms with van der Waals surface area (Å²) in [6.45, 7) is 0.573. The summed E-state index contributed by atoms with van der Waals surface area (Å²) in [5, 5.41) is 3.17. The molecule has 0 spiro atoms. The average molecular weight is 350 g/mol. The second kappa shape index (κ2) is 8.04. The van der Waals surface area contributed by atoms with Gasteiger partial charge in [-0.1, -0.05) is 18.2 Å². The van der Waals surface area contributed by atoms with Crippen LogP contribution in [0.3, 0.4) is 0 Å². The first-order valence-corrected chi connectivity index (χ1v) is 9.02. The molecule has 1 aliphatic carbocycles. The topological polar surface area (TPSA) is 70.7 Å². The summed E-state index contributed by atoms with van der Waals surface area (Å²) in [6.07, 6.45) is 4.29. The minimum atomic E-state index is 0.00754. The van der Waals surface area contributed by atoms with E-state index in [0.717, 1.165) is 24.1 Å². The fourth-order valence-corrected chi connectivity index (χ4v) is 3.26. The third kappa shape index (κ3) is 4.42. The van der Waals surface area contributed by atoms with Gasteiger partial charge in [-0.15, -0.1) is 0 Å². The van der Waals surface area contributed by atoms with E-state index >= 15 is 0 Å². The Balaban J connectivity index is 1.56. The summed E-state index contributed by atoms with van der Waals surface area (Å²) < 4.78 is 0. The Morgan fingerprint density at radius 1 is 1.15 bits per heavy atom. The van der Waals surface area contributed by atoms with Crippen LogP contribution >= 0.6 is 0 Å². The van der Waals surface area contributed by atoms with Crippen molar-refractivity contribution in [3.05, 3.63) is 64.7 Å². The Hall–Kier alpha value is -2.82. The lowest BCUT2D eigenvalue weighted by Gasteiger charge is -2.11. The van der Waals surface area contributed by atoms with Gasteiger partial charge in [0.2, 0.25) is 0 Å². The van der Waals surface area contributed by atoms with Crippen LogP contribution in [0.1, 0.15) is 33.5 Å². The van der Waals surface area contributed by atoms with Gasteiger partial charge in [0.05, 0.1) is 0 Å². The van der Waals surface area contributed by atoms with Crippen LogP contribution in [0.25, 0.3) is 0 Å². The smallest absolute Gasteiger partial charge is 0.253 e. The number of amides is 1. The van der Waals surface area contributed by atoms with Crippen molar-refractivity contribution in [2.45, 2.75) is 25.7 Å². The second-order valence-electron chi connectivity index (χ2n) is 6.88. The van der Waals surface area contributed by atoms with Crippen LogP contribution in [0.4, 0.5) is 5.69 Å². The van der Waals surface area contributed by atoms with Crippen molar-refractivity contribution in [2.75, 3.05) is 26.0 Å². The van der Waals surface area contributed by atoms with E-state index in [1.807, 2.05) is 24.3 Å². The first-order valence-electron chi connectivity index (χ1n) is 9.02. The number of guanidine groups is 1. The van der Waals surface area contributed by atoms with Crippen molar-refractivity contribution in [3.8, 4) is 0 Å². The van der Waals surface area contributed by atoms with Gasteiger partial charge in [-0.3, -0.25) is 9.79 Å². The van der Waals surface area contributed by atoms with Gasteiger partial charge in [0.1, 0.15) is 0 Å². The molecule has 0 aromatic heterocycles. The molecule has 0 saturated carbocycles. The number of aryl methyl sites for hydroxylation is 2. The van der Waals surface area contributed by atoms with Gasteiger partial charge in [-0.05, 0) is 66.6 Å². The van der Waals surface area contributed by atoms with Crippen LogP contribution in [0.15, 0.2) is 47.5 Å². The quantitative estimate of drug-likeness (QED) is 0.643. The summed E-state index contributed by atoms with van der Waals surface area (Å²) in [4.78, 5) is 18.0. The molecule has 0 atom stereocenters. The second-order valence-corrected chi connectivity index (χ2v) is 6.88. The zero-order valence-electron chi connectivity index (χ0n) is 15.5. The molecule has 26 heavy (non-hydrogen) atoms. The van der Waals surface area contributed by atoms with E-state index < -0.39 is 0 Å². The highest BCUT2D eigenvalue weighted by Crippen LogP contribution is 2.24. The summed E-state index contributed by atoms with van der Waals surface area (Å²) >= 11 is 0. The number of benzene rings is 2. The molecular weight excluding hydrogens is 324 g/mol. The molecule has 3 rings (SSSR count). The first-order chi connectivity index (χ1) is 12.5.